The third-order valence-electron chi connectivity index (χ3n) is 0.403. The average Bonchev–Trinajstić information content (AvgIpc) is 1.89. The molecular formula is C5H8Br2Cl4. The summed E-state index contributed by atoms with van der Waals surface area (Å²) in [6.45, 7) is 2.09. The second kappa shape index (κ2) is 10.2. The molecule has 0 aromatic rings. The number of halogens is 6. The lowest BCUT2D eigenvalue weighted by atomic mass is 10.6. The van der Waals surface area contributed by atoms with Gasteiger partial charge in [0.25, 0.3) is 0 Å². The maximum Gasteiger partial charge on any atom is 0.137 e. The molecule has 0 aromatic carbocycles. The Hall–Kier alpha value is 2.12. The first-order valence-corrected chi connectivity index (χ1v) is 6.46. The molecule has 11 heavy (non-hydrogen) atoms. The summed E-state index contributed by atoms with van der Waals surface area (Å²) in [5.41, 5.74) is 0. The molecule has 0 amide bonds. The van der Waals surface area contributed by atoms with Crippen molar-refractivity contribution >= 4 is 78.3 Å². The molecule has 0 bridgehead atoms. The molecular weight excluding hydrogens is 362 g/mol. The van der Waals surface area contributed by atoms with Crippen molar-refractivity contribution in [3.63, 3.8) is 0 Å². The molecule has 1 unspecified atom stereocenters. The van der Waals surface area contributed by atoms with E-state index < -0.39 is 9.67 Å². The van der Waals surface area contributed by atoms with Crippen LogP contribution in [-0.4, -0.2) is 19.8 Å². The van der Waals surface area contributed by atoms with Crippen molar-refractivity contribution in [2.24, 2.45) is 0 Å². The number of rotatable bonds is 2. The molecule has 0 fully saturated rings. The van der Waals surface area contributed by atoms with E-state index in [1.54, 1.807) is 0 Å². The lowest BCUT2D eigenvalue weighted by Crippen LogP contribution is -1.96. The van der Waals surface area contributed by atoms with Crippen LogP contribution < -0.4 is 0 Å². The van der Waals surface area contributed by atoms with Gasteiger partial charge in [-0.25, -0.2) is 0 Å². The van der Waals surface area contributed by atoms with Crippen molar-refractivity contribution in [2.45, 2.75) is 21.4 Å². The zero-order valence-corrected chi connectivity index (χ0v) is 11.9. The molecule has 0 aromatic heterocycles. The summed E-state index contributed by atoms with van der Waals surface area (Å²) in [6.07, 6.45) is 0. The Bertz CT molecular complexity index is 70.9. The molecule has 0 radical (unpaired) electrons. The zero-order chi connectivity index (χ0) is 9.44. The Morgan fingerprint density at radius 2 is 1.27 bits per heavy atom. The van der Waals surface area contributed by atoms with Gasteiger partial charge in [0, 0.05) is 10.2 Å². The van der Waals surface area contributed by atoms with Crippen molar-refractivity contribution in [1.29, 1.82) is 0 Å². The number of alkyl halides is 6. The van der Waals surface area contributed by atoms with Gasteiger partial charge in [0.05, 0.1) is 0 Å². The minimum absolute atomic E-state index is 0.613. The summed E-state index contributed by atoms with van der Waals surface area (Å²) in [5.74, 6) is 0. The molecule has 0 aliphatic heterocycles. The van der Waals surface area contributed by atoms with E-state index in [2.05, 4.69) is 38.8 Å². The molecule has 0 spiro atoms. The predicted octanol–water partition coefficient (Wildman–Crippen LogP) is 4.76. The molecule has 1 atom stereocenters. The van der Waals surface area contributed by atoms with E-state index in [-0.39, 0.29) is 0 Å². The van der Waals surface area contributed by atoms with Crippen molar-refractivity contribution in [1.82, 2.24) is 0 Å². The zero-order valence-electron chi connectivity index (χ0n) is 5.71. The molecule has 0 N–H and O–H groups in total. The lowest BCUT2D eigenvalue weighted by molar-refractivity contribution is 1.17. The maximum atomic E-state index is 5.11. The minimum Gasteiger partial charge on any atom is -0.102 e. The molecule has 0 saturated carbocycles. The summed E-state index contributed by atoms with van der Waals surface area (Å²) in [5, 5.41) is 1.03. The number of hydrogen-bond donors (Lipinski definition) is 0. The van der Waals surface area contributed by atoms with Crippen LogP contribution in [0.1, 0.15) is 6.92 Å². The highest BCUT2D eigenvalue weighted by Gasteiger charge is 2.06. The standard InChI is InChI=1S/C3H6Br2.C2H2Cl4/c1-3(5)2-4;3-1(4)2(5)6/h3H,2H2,1H3;1-2H. The fourth-order valence-electron chi connectivity index (χ4n) is 0. The molecule has 0 saturated heterocycles. The van der Waals surface area contributed by atoms with Crippen LogP contribution in [0.5, 0.6) is 0 Å². The van der Waals surface area contributed by atoms with Crippen LogP contribution in [0.15, 0.2) is 0 Å². The third kappa shape index (κ3) is 18.8. The second-order valence-electron chi connectivity index (χ2n) is 1.60. The van der Waals surface area contributed by atoms with Gasteiger partial charge in [-0.2, -0.15) is 0 Å². The van der Waals surface area contributed by atoms with Gasteiger partial charge < -0.3 is 0 Å². The van der Waals surface area contributed by atoms with Crippen LogP contribution in [0.4, 0.5) is 0 Å². The summed E-state index contributed by atoms with van der Waals surface area (Å²) >= 11 is 27.0. The van der Waals surface area contributed by atoms with Gasteiger partial charge >= 0.3 is 0 Å². The third-order valence-corrected chi connectivity index (χ3v) is 4.09. The smallest absolute Gasteiger partial charge is 0.102 e. The first kappa shape index (κ1) is 15.6. The number of hydrogen-bond acceptors (Lipinski definition) is 0. The van der Waals surface area contributed by atoms with Crippen molar-refractivity contribution in [3.05, 3.63) is 0 Å². The monoisotopic (exact) mass is 366 g/mol. The maximum absolute atomic E-state index is 5.11. The van der Waals surface area contributed by atoms with Crippen LogP contribution in [0, 0.1) is 0 Å². The minimum atomic E-state index is -0.673. The summed E-state index contributed by atoms with van der Waals surface area (Å²) in [4.78, 5) is -0.732. The van der Waals surface area contributed by atoms with E-state index in [1.807, 2.05) is 0 Å². The topological polar surface area (TPSA) is 0 Å². The summed E-state index contributed by atoms with van der Waals surface area (Å²) < 4.78 is 0. The van der Waals surface area contributed by atoms with Gasteiger partial charge in [0.2, 0.25) is 0 Å². The van der Waals surface area contributed by atoms with Crippen LogP contribution in [0.2, 0.25) is 0 Å². The second-order valence-corrected chi connectivity index (χ2v) is 6.14. The molecule has 0 nitrogen and oxygen atoms in total. The van der Waals surface area contributed by atoms with E-state index >= 15 is 0 Å². The Morgan fingerprint density at radius 3 is 1.27 bits per heavy atom. The Balaban J connectivity index is 0. The normalized spacial score (nSPS) is 12.8. The average molecular weight is 370 g/mol. The van der Waals surface area contributed by atoms with E-state index in [0.29, 0.717) is 4.83 Å². The van der Waals surface area contributed by atoms with Gasteiger partial charge in [-0.05, 0) is 0 Å². The van der Waals surface area contributed by atoms with Crippen molar-refractivity contribution < 1.29 is 0 Å². The predicted molar refractivity (Wildman–Crippen MR) is 63.2 cm³/mol. The van der Waals surface area contributed by atoms with Gasteiger partial charge in [-0.3, -0.25) is 0 Å². The highest BCUT2D eigenvalue weighted by Crippen LogP contribution is 2.16. The molecule has 70 valence electrons. The van der Waals surface area contributed by atoms with E-state index in [9.17, 15) is 0 Å². The largest absolute Gasteiger partial charge is 0.137 e. The quantitative estimate of drug-likeness (QED) is 0.616. The molecule has 0 heterocycles. The van der Waals surface area contributed by atoms with Crippen molar-refractivity contribution in [3.8, 4) is 0 Å². The Kier molecular flexibility index (Phi) is 14.5. The fraction of sp³-hybridized carbons (Fsp3) is 1.00. The van der Waals surface area contributed by atoms with Gasteiger partial charge in [0.1, 0.15) is 9.67 Å². The van der Waals surface area contributed by atoms with Gasteiger partial charge in [0.15, 0.2) is 0 Å². The van der Waals surface area contributed by atoms with Gasteiger partial charge in [-0.1, -0.05) is 38.8 Å². The van der Waals surface area contributed by atoms with Crippen LogP contribution >= 0.6 is 78.3 Å². The molecule has 6 heteroatoms. The highest BCUT2D eigenvalue weighted by molar-refractivity contribution is 9.12. The lowest BCUT2D eigenvalue weighted by Gasteiger charge is -1.95. The van der Waals surface area contributed by atoms with Gasteiger partial charge in [-0.15, -0.1) is 46.4 Å². The van der Waals surface area contributed by atoms with Crippen LogP contribution in [0.3, 0.4) is 0 Å². The summed E-state index contributed by atoms with van der Waals surface area (Å²) in [6, 6.07) is 0. The summed E-state index contributed by atoms with van der Waals surface area (Å²) in [7, 11) is 0. The first-order valence-electron chi connectivity index (χ1n) is 2.68. The van der Waals surface area contributed by atoms with Crippen LogP contribution in [0.25, 0.3) is 0 Å². The van der Waals surface area contributed by atoms with E-state index in [1.165, 1.54) is 0 Å². The highest BCUT2D eigenvalue weighted by atomic mass is 79.9. The van der Waals surface area contributed by atoms with E-state index in [0.717, 1.165) is 5.33 Å². The fourth-order valence-corrected chi connectivity index (χ4v) is 0. The Morgan fingerprint density at radius 1 is 1.09 bits per heavy atom. The van der Waals surface area contributed by atoms with Crippen LogP contribution in [-0.2, 0) is 0 Å². The molecule has 0 rings (SSSR count). The Labute approximate surface area is 104 Å². The van der Waals surface area contributed by atoms with Crippen molar-refractivity contribution in [2.75, 3.05) is 5.33 Å². The van der Waals surface area contributed by atoms with E-state index in [4.69, 9.17) is 46.4 Å². The molecule has 0 aliphatic rings. The SMILES string of the molecule is CC(Br)CBr.ClC(Cl)C(Cl)Cl. The first-order chi connectivity index (χ1) is 4.91. The molecule has 0 aliphatic carbocycles.